The summed E-state index contributed by atoms with van der Waals surface area (Å²) in [6.45, 7) is 3.62. The summed E-state index contributed by atoms with van der Waals surface area (Å²) in [5.41, 5.74) is 0.289. The first-order chi connectivity index (χ1) is 17.2. The highest BCUT2D eigenvalue weighted by Gasteiger charge is 2.38. The van der Waals surface area contributed by atoms with Crippen LogP contribution in [0.5, 0.6) is 11.8 Å². The van der Waals surface area contributed by atoms with Crippen LogP contribution in [0.15, 0.2) is 18.7 Å². The molecule has 0 radical (unpaired) electrons. The summed E-state index contributed by atoms with van der Waals surface area (Å²) >= 11 is 5.87. The van der Waals surface area contributed by atoms with Gasteiger partial charge in [-0.25, -0.2) is 18.4 Å². The Morgan fingerprint density at radius 2 is 1.67 bits per heavy atom. The van der Waals surface area contributed by atoms with E-state index in [1.54, 1.807) is 4.57 Å². The highest BCUT2D eigenvalue weighted by molar-refractivity contribution is 7.93. The van der Waals surface area contributed by atoms with Crippen LogP contribution in [0.25, 0.3) is 5.69 Å². The molecule has 1 fully saturated rings. The lowest BCUT2D eigenvalue weighted by molar-refractivity contribution is 0.0950. The van der Waals surface area contributed by atoms with E-state index < -0.39 is 21.4 Å². The van der Waals surface area contributed by atoms with Gasteiger partial charge in [0.25, 0.3) is 0 Å². The summed E-state index contributed by atoms with van der Waals surface area (Å²) in [4.78, 5) is 16.6. The van der Waals surface area contributed by atoms with Crippen molar-refractivity contribution in [3.8, 4) is 17.4 Å². The van der Waals surface area contributed by atoms with Crippen LogP contribution in [-0.2, 0) is 14.8 Å². The van der Waals surface area contributed by atoms with E-state index in [4.69, 9.17) is 25.8 Å². The molecule has 4 rings (SSSR count). The average molecular weight is 539 g/mol. The van der Waals surface area contributed by atoms with Crippen molar-refractivity contribution in [2.24, 2.45) is 5.92 Å². The SMILES string of the molecule is COc1ncnc(OC)c1-n1c(NS(=O)(=O)[C@@H](C)[C@H](OC)c2ncc(Cl)cn2)nnc1[C@H]1C[C@H](C)C1. The van der Waals surface area contributed by atoms with Gasteiger partial charge in [-0.3, -0.25) is 9.29 Å². The second-order valence-electron chi connectivity index (χ2n) is 8.50. The molecule has 0 bridgehead atoms. The molecule has 36 heavy (non-hydrogen) atoms. The summed E-state index contributed by atoms with van der Waals surface area (Å²) < 4.78 is 47.4. The second kappa shape index (κ2) is 10.5. The van der Waals surface area contributed by atoms with Crippen LogP contribution in [0.2, 0.25) is 5.02 Å². The third-order valence-electron chi connectivity index (χ3n) is 6.09. The maximum Gasteiger partial charge on any atom is 0.245 e. The second-order valence-corrected chi connectivity index (χ2v) is 11.0. The summed E-state index contributed by atoms with van der Waals surface area (Å²) in [6, 6.07) is 0. The summed E-state index contributed by atoms with van der Waals surface area (Å²) in [5, 5.41) is 7.71. The van der Waals surface area contributed by atoms with Gasteiger partial charge in [-0.05, 0) is 25.7 Å². The van der Waals surface area contributed by atoms with Gasteiger partial charge in [-0.15, -0.1) is 10.2 Å². The summed E-state index contributed by atoms with van der Waals surface area (Å²) in [6.07, 6.45) is 4.81. The van der Waals surface area contributed by atoms with Gasteiger partial charge in [-0.2, -0.15) is 9.97 Å². The highest BCUT2D eigenvalue weighted by atomic mass is 35.5. The van der Waals surface area contributed by atoms with Crippen LogP contribution >= 0.6 is 11.6 Å². The van der Waals surface area contributed by atoms with Crippen molar-refractivity contribution < 1.29 is 22.6 Å². The number of sulfonamides is 1. The van der Waals surface area contributed by atoms with Crippen molar-refractivity contribution in [1.82, 2.24) is 34.7 Å². The van der Waals surface area contributed by atoms with Crippen LogP contribution in [-0.4, -0.2) is 69.7 Å². The predicted molar refractivity (Wildman–Crippen MR) is 130 cm³/mol. The third-order valence-corrected chi connectivity index (χ3v) is 7.98. The molecule has 1 saturated carbocycles. The topological polar surface area (TPSA) is 156 Å². The van der Waals surface area contributed by atoms with E-state index in [9.17, 15) is 8.42 Å². The zero-order valence-corrected chi connectivity index (χ0v) is 22.0. The number of aromatic nitrogens is 7. The van der Waals surface area contributed by atoms with Gasteiger partial charge < -0.3 is 14.2 Å². The Hall–Kier alpha value is -3.10. The lowest BCUT2D eigenvalue weighted by Crippen LogP contribution is -2.33. The van der Waals surface area contributed by atoms with E-state index in [1.807, 2.05) is 0 Å². The number of methoxy groups -OCH3 is 3. The Kier molecular flexibility index (Phi) is 7.57. The van der Waals surface area contributed by atoms with E-state index in [1.165, 1.54) is 47.0 Å². The molecular formula is C21H27ClN8O5S. The Labute approximate surface area is 213 Å². The van der Waals surface area contributed by atoms with Crippen molar-refractivity contribution in [3.05, 3.63) is 35.4 Å². The molecule has 15 heteroatoms. The van der Waals surface area contributed by atoms with Crippen LogP contribution in [0.4, 0.5) is 5.95 Å². The molecule has 0 amide bonds. The molecule has 0 saturated heterocycles. The third kappa shape index (κ3) is 4.92. The minimum atomic E-state index is -4.10. The fourth-order valence-corrected chi connectivity index (χ4v) is 5.39. The molecule has 0 aromatic carbocycles. The fraction of sp³-hybridized carbons (Fsp3) is 0.524. The monoisotopic (exact) mass is 538 g/mol. The molecular weight excluding hydrogens is 512 g/mol. The molecule has 1 aliphatic rings. The van der Waals surface area contributed by atoms with Gasteiger partial charge >= 0.3 is 0 Å². The number of nitrogens with zero attached hydrogens (tertiary/aromatic N) is 7. The van der Waals surface area contributed by atoms with E-state index in [2.05, 4.69) is 41.8 Å². The Morgan fingerprint density at radius 3 is 2.19 bits per heavy atom. The maximum absolute atomic E-state index is 13.5. The first-order valence-corrected chi connectivity index (χ1v) is 13.0. The van der Waals surface area contributed by atoms with E-state index in [0.717, 1.165) is 12.8 Å². The van der Waals surface area contributed by atoms with Crippen LogP contribution in [0, 0.1) is 5.92 Å². The molecule has 3 aromatic rings. The Bertz CT molecular complexity index is 1290. The Morgan fingerprint density at radius 1 is 1.06 bits per heavy atom. The van der Waals surface area contributed by atoms with Gasteiger partial charge in [0, 0.05) is 25.4 Å². The number of halogens is 1. The van der Waals surface area contributed by atoms with Crippen LogP contribution in [0.3, 0.4) is 0 Å². The van der Waals surface area contributed by atoms with Gasteiger partial charge in [0.15, 0.2) is 11.5 Å². The molecule has 2 atom stereocenters. The summed E-state index contributed by atoms with van der Waals surface area (Å²) in [5.74, 6) is 1.58. The van der Waals surface area contributed by atoms with Crippen molar-refractivity contribution in [3.63, 3.8) is 0 Å². The first kappa shape index (κ1) is 26.0. The smallest absolute Gasteiger partial charge is 0.245 e. The minimum absolute atomic E-state index is 0.0605. The number of hydrogen-bond donors (Lipinski definition) is 1. The number of nitrogens with one attached hydrogen (secondary N) is 1. The van der Waals surface area contributed by atoms with Gasteiger partial charge in [0.2, 0.25) is 27.7 Å². The molecule has 13 nitrogen and oxygen atoms in total. The zero-order chi connectivity index (χ0) is 26.0. The lowest BCUT2D eigenvalue weighted by atomic mass is 9.75. The number of rotatable bonds is 10. The van der Waals surface area contributed by atoms with Crippen molar-refractivity contribution in [1.29, 1.82) is 0 Å². The van der Waals surface area contributed by atoms with Gasteiger partial charge in [-0.1, -0.05) is 18.5 Å². The minimum Gasteiger partial charge on any atom is -0.479 e. The standard InChI is InChI=1S/C21H27ClN8O5S/c1-11-6-13(7-11)18-27-28-21(30(18)15-19(34-4)25-10-26-20(15)35-5)29-36(31,32)12(2)16(33-3)17-23-8-14(22)9-24-17/h8-13,16H,6-7H2,1-5H3,(H,28,29)/t11-,12-,13-,16-/m0/s1. The zero-order valence-electron chi connectivity index (χ0n) is 20.4. The van der Waals surface area contributed by atoms with Gasteiger partial charge in [0.05, 0.1) is 19.2 Å². The Balaban J connectivity index is 1.76. The molecule has 0 aliphatic heterocycles. The fourth-order valence-electron chi connectivity index (χ4n) is 4.16. The van der Waals surface area contributed by atoms with Gasteiger partial charge in [0.1, 0.15) is 23.5 Å². The molecule has 0 spiro atoms. The largest absolute Gasteiger partial charge is 0.479 e. The van der Waals surface area contributed by atoms with Crippen molar-refractivity contribution in [2.75, 3.05) is 26.1 Å². The molecule has 194 valence electrons. The van der Waals surface area contributed by atoms with E-state index in [-0.39, 0.29) is 35.1 Å². The normalized spacial score (nSPS) is 19.3. The quantitative estimate of drug-likeness (QED) is 0.404. The molecule has 0 unspecified atom stereocenters. The maximum atomic E-state index is 13.5. The van der Waals surface area contributed by atoms with Crippen LogP contribution < -0.4 is 14.2 Å². The average Bonchev–Trinajstić information content (AvgIpc) is 3.24. The molecule has 3 aromatic heterocycles. The highest BCUT2D eigenvalue weighted by Crippen LogP contribution is 2.43. The van der Waals surface area contributed by atoms with Crippen molar-refractivity contribution >= 4 is 27.6 Å². The predicted octanol–water partition coefficient (Wildman–Crippen LogP) is 2.55. The lowest BCUT2D eigenvalue weighted by Gasteiger charge is -2.32. The number of hydrogen-bond acceptors (Lipinski definition) is 11. The van der Waals surface area contributed by atoms with Crippen LogP contribution in [0.1, 0.15) is 50.4 Å². The molecule has 1 aliphatic carbocycles. The van der Waals surface area contributed by atoms with E-state index in [0.29, 0.717) is 16.8 Å². The molecule has 1 N–H and O–H groups in total. The van der Waals surface area contributed by atoms with E-state index >= 15 is 0 Å². The summed E-state index contributed by atoms with van der Waals surface area (Å²) in [7, 11) is 0.174. The van der Waals surface area contributed by atoms with Crippen molar-refractivity contribution in [2.45, 2.75) is 44.0 Å². The number of ether oxygens (including phenoxy) is 3. The first-order valence-electron chi connectivity index (χ1n) is 11.1. The molecule has 3 heterocycles. The number of anilines is 1.